The molecule has 3 aromatic rings. The average Bonchev–Trinajstić information content (AvgIpc) is 2.92. The number of nitrogens with zero attached hydrogens (tertiary/aromatic N) is 2. The van der Waals surface area contributed by atoms with Gasteiger partial charge in [-0.2, -0.15) is 3.97 Å². The molecule has 0 bridgehead atoms. The van der Waals surface area contributed by atoms with Crippen LogP contribution in [-0.4, -0.2) is 35.1 Å². The number of aliphatic carboxylic acids is 1. The minimum Gasteiger partial charge on any atom is -0.497 e. The lowest BCUT2D eigenvalue weighted by Crippen LogP contribution is -2.39. The van der Waals surface area contributed by atoms with Crippen LogP contribution in [0.25, 0.3) is 11.0 Å². The van der Waals surface area contributed by atoms with E-state index in [0.29, 0.717) is 9.72 Å². The fourth-order valence-corrected chi connectivity index (χ4v) is 4.93. The van der Waals surface area contributed by atoms with Gasteiger partial charge in [0.25, 0.3) is 10.0 Å². The summed E-state index contributed by atoms with van der Waals surface area (Å²) in [6, 6.07) is 8.46. The van der Waals surface area contributed by atoms with Crippen molar-refractivity contribution in [2.24, 2.45) is 5.41 Å². The molecule has 0 aliphatic carbocycles. The van der Waals surface area contributed by atoms with Crippen LogP contribution in [0.15, 0.2) is 52.2 Å². The van der Waals surface area contributed by atoms with Gasteiger partial charge in [0, 0.05) is 5.02 Å². The van der Waals surface area contributed by atoms with Crippen LogP contribution in [0, 0.1) is 5.41 Å². The molecular weight excluding hydrogens is 432 g/mol. The predicted molar refractivity (Wildman–Crippen MR) is 113 cm³/mol. The van der Waals surface area contributed by atoms with Crippen molar-refractivity contribution < 1.29 is 23.1 Å². The van der Waals surface area contributed by atoms with Crippen LogP contribution in [-0.2, 0) is 14.8 Å². The number of ether oxygens (including phenoxy) is 1. The highest BCUT2D eigenvalue weighted by Crippen LogP contribution is 2.34. The van der Waals surface area contributed by atoms with Crippen LogP contribution in [0.3, 0.4) is 0 Å². The number of aromatic nitrogens is 2. The fraction of sp³-hybridized carbons (Fsp3) is 0.300. The van der Waals surface area contributed by atoms with Crippen molar-refractivity contribution in [2.45, 2.75) is 31.7 Å². The second kappa shape index (κ2) is 7.48. The molecule has 160 valence electrons. The van der Waals surface area contributed by atoms with E-state index >= 15 is 0 Å². The molecule has 10 heteroatoms. The van der Waals surface area contributed by atoms with Crippen molar-refractivity contribution in [2.75, 3.05) is 7.11 Å². The zero-order valence-corrected chi connectivity index (χ0v) is 18.4. The maximum Gasteiger partial charge on any atom is 0.344 e. The maximum atomic E-state index is 13.4. The molecule has 0 amide bonds. The number of hydrogen-bond acceptors (Lipinski definition) is 5. The summed E-state index contributed by atoms with van der Waals surface area (Å²) in [5, 5.41) is 10.1. The van der Waals surface area contributed by atoms with Crippen molar-refractivity contribution in [3.8, 4) is 5.75 Å². The van der Waals surface area contributed by atoms with Crippen molar-refractivity contribution in [3.05, 3.63) is 58.0 Å². The first kappa shape index (κ1) is 21.9. The fourth-order valence-electron chi connectivity index (χ4n) is 3.37. The van der Waals surface area contributed by atoms with E-state index in [1.165, 1.54) is 49.6 Å². The quantitative estimate of drug-likeness (QED) is 0.635. The molecule has 0 saturated heterocycles. The van der Waals surface area contributed by atoms with Gasteiger partial charge in [0.15, 0.2) is 0 Å². The Labute approximate surface area is 178 Å². The normalized spacial score (nSPS) is 13.4. The summed E-state index contributed by atoms with van der Waals surface area (Å²) in [4.78, 5) is 25.3. The lowest BCUT2D eigenvalue weighted by atomic mass is 9.86. The van der Waals surface area contributed by atoms with Crippen LogP contribution in [0.1, 0.15) is 26.8 Å². The van der Waals surface area contributed by atoms with Crippen LogP contribution in [0.4, 0.5) is 0 Å². The summed E-state index contributed by atoms with van der Waals surface area (Å²) in [6.45, 7) is 4.97. The summed E-state index contributed by atoms with van der Waals surface area (Å²) in [7, 11) is -2.88. The third-order valence-corrected chi connectivity index (χ3v) is 6.64. The highest BCUT2D eigenvalue weighted by atomic mass is 35.5. The minimum absolute atomic E-state index is 0.0377. The van der Waals surface area contributed by atoms with E-state index in [4.69, 9.17) is 16.3 Å². The van der Waals surface area contributed by atoms with Crippen molar-refractivity contribution >= 4 is 38.6 Å². The molecule has 0 saturated carbocycles. The molecule has 3 rings (SSSR count). The largest absolute Gasteiger partial charge is 0.497 e. The standard InChI is InChI=1S/C20H21ClN2O6S/c1-20(2,3)17(18(24)25)22-16-11-12(21)5-10-15(16)23(19(22)26)30(27,28)14-8-6-13(29-4)7-9-14/h5-11,17H,1-4H3,(H,24,25). The lowest BCUT2D eigenvalue weighted by molar-refractivity contribution is -0.144. The molecule has 30 heavy (non-hydrogen) atoms. The lowest BCUT2D eigenvalue weighted by Gasteiger charge is -2.28. The second-order valence-electron chi connectivity index (χ2n) is 7.84. The molecule has 1 atom stereocenters. The van der Waals surface area contributed by atoms with Gasteiger partial charge in [-0.15, -0.1) is 0 Å². The summed E-state index contributed by atoms with van der Waals surface area (Å²) in [5.41, 5.74) is -1.71. The first-order valence-electron chi connectivity index (χ1n) is 8.94. The van der Waals surface area contributed by atoms with Gasteiger partial charge < -0.3 is 9.84 Å². The molecule has 0 spiro atoms. The van der Waals surface area contributed by atoms with Gasteiger partial charge in [-0.05, 0) is 47.9 Å². The van der Waals surface area contributed by atoms with Crippen LogP contribution >= 0.6 is 11.6 Å². The molecule has 0 radical (unpaired) electrons. The second-order valence-corrected chi connectivity index (χ2v) is 10.1. The van der Waals surface area contributed by atoms with Gasteiger partial charge in [0.2, 0.25) is 0 Å². The Hall–Kier alpha value is -2.78. The van der Waals surface area contributed by atoms with E-state index in [1.807, 2.05) is 0 Å². The summed E-state index contributed by atoms with van der Waals surface area (Å²) >= 11 is 6.08. The highest BCUT2D eigenvalue weighted by Gasteiger charge is 2.38. The number of halogens is 1. The molecule has 1 heterocycles. The molecule has 8 nitrogen and oxygen atoms in total. The first-order chi connectivity index (χ1) is 13.9. The minimum atomic E-state index is -4.33. The van der Waals surface area contributed by atoms with E-state index in [0.717, 1.165) is 4.57 Å². The Morgan fingerprint density at radius 1 is 1.10 bits per heavy atom. The van der Waals surface area contributed by atoms with Gasteiger partial charge in [0.1, 0.15) is 11.8 Å². The van der Waals surface area contributed by atoms with Crippen LogP contribution in [0.2, 0.25) is 5.02 Å². The number of carboxylic acid groups (broad SMARTS) is 1. The number of rotatable bonds is 5. The van der Waals surface area contributed by atoms with Gasteiger partial charge >= 0.3 is 11.7 Å². The Kier molecular flexibility index (Phi) is 5.46. The topological polar surface area (TPSA) is 108 Å². The van der Waals surface area contributed by atoms with Crippen molar-refractivity contribution in [1.82, 2.24) is 8.54 Å². The number of hydrogen-bond donors (Lipinski definition) is 1. The number of carboxylic acids is 1. The first-order valence-corrected chi connectivity index (χ1v) is 10.8. The third-order valence-electron chi connectivity index (χ3n) is 4.71. The van der Waals surface area contributed by atoms with Gasteiger partial charge in [0.05, 0.1) is 23.0 Å². The van der Waals surface area contributed by atoms with Crippen LogP contribution < -0.4 is 10.4 Å². The monoisotopic (exact) mass is 452 g/mol. The number of methoxy groups -OCH3 is 1. The van der Waals surface area contributed by atoms with E-state index in [-0.39, 0.29) is 21.0 Å². The summed E-state index contributed by atoms with van der Waals surface area (Å²) < 4.78 is 33.3. The van der Waals surface area contributed by atoms with E-state index in [2.05, 4.69) is 0 Å². The van der Waals surface area contributed by atoms with Crippen molar-refractivity contribution in [1.29, 1.82) is 0 Å². The summed E-state index contributed by atoms with van der Waals surface area (Å²) in [5.74, 6) is -0.806. The number of fused-ring (bicyclic) bond motifs is 1. The molecule has 1 N–H and O–H groups in total. The smallest absolute Gasteiger partial charge is 0.344 e. The van der Waals surface area contributed by atoms with Gasteiger partial charge in [-0.3, -0.25) is 4.57 Å². The highest BCUT2D eigenvalue weighted by molar-refractivity contribution is 7.90. The molecule has 1 aromatic heterocycles. The Morgan fingerprint density at radius 3 is 2.20 bits per heavy atom. The third kappa shape index (κ3) is 3.59. The zero-order chi connectivity index (χ0) is 22.4. The predicted octanol–water partition coefficient (Wildman–Crippen LogP) is 3.37. The molecule has 0 fully saturated rings. The molecule has 2 aromatic carbocycles. The Morgan fingerprint density at radius 2 is 1.70 bits per heavy atom. The average molecular weight is 453 g/mol. The molecule has 0 aliphatic rings. The van der Waals surface area contributed by atoms with Gasteiger partial charge in [-0.25, -0.2) is 18.0 Å². The van der Waals surface area contributed by atoms with Crippen molar-refractivity contribution in [3.63, 3.8) is 0 Å². The van der Waals surface area contributed by atoms with E-state index in [9.17, 15) is 23.1 Å². The summed E-state index contributed by atoms with van der Waals surface area (Å²) in [6.07, 6.45) is 0. The number of imidazole rings is 1. The maximum absolute atomic E-state index is 13.4. The zero-order valence-electron chi connectivity index (χ0n) is 16.8. The Balaban J connectivity index is 2.41. The Bertz CT molecular complexity index is 1280. The molecule has 1 unspecified atom stereocenters. The SMILES string of the molecule is COc1ccc(S(=O)(=O)n2c(=O)n(C(C(=O)O)C(C)(C)C)c3cc(Cl)ccc32)cc1. The molecular formula is C20H21ClN2O6S. The number of benzene rings is 2. The number of carbonyl (C=O) groups is 1. The van der Waals surface area contributed by atoms with Crippen LogP contribution in [0.5, 0.6) is 5.75 Å². The van der Waals surface area contributed by atoms with E-state index in [1.54, 1.807) is 20.8 Å². The van der Waals surface area contributed by atoms with Gasteiger partial charge in [-0.1, -0.05) is 32.4 Å². The molecule has 0 aliphatic heterocycles. The van der Waals surface area contributed by atoms with E-state index < -0.39 is 33.1 Å².